The van der Waals surface area contributed by atoms with Crippen molar-refractivity contribution >= 4 is 53.3 Å². The highest BCUT2D eigenvalue weighted by Crippen LogP contribution is 2.31. The van der Waals surface area contributed by atoms with E-state index in [4.69, 9.17) is 4.74 Å². The van der Waals surface area contributed by atoms with Gasteiger partial charge in [-0.2, -0.15) is 11.8 Å². The number of amides is 1. The van der Waals surface area contributed by atoms with Gasteiger partial charge in [-0.15, -0.1) is 24.0 Å². The van der Waals surface area contributed by atoms with Crippen LogP contribution < -0.4 is 20.3 Å². The van der Waals surface area contributed by atoms with Crippen LogP contribution >= 0.6 is 35.7 Å². The number of nitrogens with one attached hydrogen (secondary N) is 2. The Balaban J connectivity index is 0.00000261. The van der Waals surface area contributed by atoms with Crippen LogP contribution in [0, 0.1) is 0 Å². The van der Waals surface area contributed by atoms with E-state index in [2.05, 4.69) is 22.5 Å². The number of halogens is 1. The van der Waals surface area contributed by atoms with E-state index >= 15 is 0 Å². The van der Waals surface area contributed by atoms with Gasteiger partial charge in [0.2, 0.25) is 0 Å². The Labute approximate surface area is 182 Å². The van der Waals surface area contributed by atoms with Gasteiger partial charge in [-0.1, -0.05) is 12.1 Å². The Morgan fingerprint density at radius 3 is 3.04 bits per heavy atom. The molecule has 1 unspecified atom stereocenters. The average Bonchev–Trinajstić information content (AvgIpc) is 2.67. The van der Waals surface area contributed by atoms with E-state index in [1.54, 1.807) is 0 Å². The van der Waals surface area contributed by atoms with Crippen LogP contribution in [-0.4, -0.2) is 55.7 Å². The molecule has 0 aromatic heterocycles. The molecular formula is C19H29IN4O2S. The lowest BCUT2D eigenvalue weighted by molar-refractivity contribution is -0.121. The van der Waals surface area contributed by atoms with Crippen molar-refractivity contribution in [2.45, 2.75) is 32.2 Å². The summed E-state index contributed by atoms with van der Waals surface area (Å²) in [7, 11) is 0. The highest BCUT2D eigenvalue weighted by molar-refractivity contribution is 14.0. The summed E-state index contributed by atoms with van der Waals surface area (Å²) in [5, 5.41) is 6.86. The molecule has 0 radical (unpaired) electrons. The summed E-state index contributed by atoms with van der Waals surface area (Å²) >= 11 is 2.00. The van der Waals surface area contributed by atoms with Gasteiger partial charge in [0.25, 0.3) is 5.91 Å². The van der Waals surface area contributed by atoms with E-state index in [9.17, 15) is 4.79 Å². The number of guanidine groups is 1. The normalized spacial score (nSPS) is 19.6. The van der Waals surface area contributed by atoms with Gasteiger partial charge in [-0.25, -0.2) is 0 Å². The van der Waals surface area contributed by atoms with Crippen molar-refractivity contribution < 1.29 is 9.53 Å². The molecule has 0 saturated carbocycles. The fourth-order valence-electron chi connectivity index (χ4n) is 3.19. The molecule has 27 heavy (non-hydrogen) atoms. The van der Waals surface area contributed by atoms with Crippen LogP contribution in [0.2, 0.25) is 0 Å². The number of anilines is 1. The number of carbonyl (C=O) groups is 1. The van der Waals surface area contributed by atoms with E-state index < -0.39 is 0 Å². The van der Waals surface area contributed by atoms with E-state index in [1.807, 2.05) is 40.9 Å². The number of hydrogen-bond donors (Lipinski definition) is 2. The average molecular weight is 504 g/mol. The number of para-hydroxylation sites is 2. The van der Waals surface area contributed by atoms with Crippen LogP contribution in [0.5, 0.6) is 5.75 Å². The summed E-state index contributed by atoms with van der Waals surface area (Å²) in [5.41, 5.74) is 0.858. The number of hydrogen-bond acceptors (Lipinski definition) is 4. The number of fused-ring (bicyclic) bond motifs is 1. The first-order valence-electron chi connectivity index (χ1n) is 9.42. The quantitative estimate of drug-likeness (QED) is 0.270. The smallest absolute Gasteiger partial charge is 0.265 e. The van der Waals surface area contributed by atoms with E-state index in [-0.39, 0.29) is 36.5 Å². The zero-order chi connectivity index (χ0) is 18.2. The zero-order valence-corrected chi connectivity index (χ0v) is 18.9. The molecule has 2 aliphatic heterocycles. The minimum Gasteiger partial charge on any atom is -0.482 e. The molecule has 0 aliphatic carbocycles. The van der Waals surface area contributed by atoms with Gasteiger partial charge in [0.15, 0.2) is 12.6 Å². The number of carbonyl (C=O) groups excluding carboxylic acids is 1. The van der Waals surface area contributed by atoms with Crippen molar-refractivity contribution in [2.24, 2.45) is 4.99 Å². The third-order valence-electron chi connectivity index (χ3n) is 4.46. The molecule has 1 saturated heterocycles. The number of benzene rings is 1. The second-order valence-corrected chi connectivity index (χ2v) is 7.62. The largest absolute Gasteiger partial charge is 0.482 e. The Kier molecular flexibility index (Phi) is 9.53. The summed E-state index contributed by atoms with van der Waals surface area (Å²) in [4.78, 5) is 18.7. The van der Waals surface area contributed by atoms with Crippen molar-refractivity contribution in [3.8, 4) is 5.75 Å². The molecule has 1 amide bonds. The number of rotatable bonds is 6. The van der Waals surface area contributed by atoms with E-state index in [0.29, 0.717) is 19.1 Å². The van der Waals surface area contributed by atoms with Crippen molar-refractivity contribution in [2.75, 3.05) is 42.6 Å². The third kappa shape index (κ3) is 6.44. The molecule has 2 aliphatic rings. The Morgan fingerprint density at radius 2 is 2.26 bits per heavy atom. The predicted octanol–water partition coefficient (Wildman–Crippen LogP) is 2.87. The molecule has 3 rings (SSSR count). The van der Waals surface area contributed by atoms with Gasteiger partial charge >= 0.3 is 0 Å². The number of thioether (sulfide) groups is 1. The summed E-state index contributed by atoms with van der Waals surface area (Å²) in [6.45, 7) is 4.38. The SMILES string of the molecule is CCNC(=NCCCN1C(=O)COc2ccccc21)NC1CCCSC1.I. The van der Waals surface area contributed by atoms with Gasteiger partial charge in [0.1, 0.15) is 5.75 Å². The highest BCUT2D eigenvalue weighted by atomic mass is 127. The topological polar surface area (TPSA) is 66.0 Å². The minimum absolute atomic E-state index is 0. The van der Waals surface area contributed by atoms with Crippen molar-refractivity contribution in [1.82, 2.24) is 10.6 Å². The predicted molar refractivity (Wildman–Crippen MR) is 124 cm³/mol. The highest BCUT2D eigenvalue weighted by Gasteiger charge is 2.24. The Morgan fingerprint density at radius 1 is 1.41 bits per heavy atom. The Bertz CT molecular complexity index is 638. The van der Waals surface area contributed by atoms with E-state index in [1.165, 1.54) is 18.6 Å². The Hall–Kier alpha value is -1.16. The molecular weight excluding hydrogens is 475 g/mol. The third-order valence-corrected chi connectivity index (χ3v) is 5.68. The standard InChI is InChI=1S/C19H28N4O2S.HI/c1-2-20-19(22-15-7-5-12-26-14-15)21-10-6-11-23-16-8-3-4-9-17(16)25-13-18(23)24;/h3-4,8-9,15H,2,5-7,10-14H2,1H3,(H2,20,21,22);1H. The van der Waals surface area contributed by atoms with Crippen LogP contribution in [-0.2, 0) is 4.79 Å². The monoisotopic (exact) mass is 504 g/mol. The molecule has 1 aromatic rings. The lowest BCUT2D eigenvalue weighted by atomic mass is 10.2. The summed E-state index contributed by atoms with van der Waals surface area (Å²) < 4.78 is 5.49. The van der Waals surface area contributed by atoms with Crippen LogP contribution in [0.3, 0.4) is 0 Å². The van der Waals surface area contributed by atoms with Crippen LogP contribution in [0.4, 0.5) is 5.69 Å². The second-order valence-electron chi connectivity index (χ2n) is 6.47. The summed E-state index contributed by atoms with van der Waals surface area (Å²) in [5.74, 6) is 4.08. The van der Waals surface area contributed by atoms with Gasteiger partial charge in [-0.05, 0) is 44.1 Å². The maximum atomic E-state index is 12.2. The molecule has 1 atom stereocenters. The van der Waals surface area contributed by atoms with Gasteiger partial charge < -0.3 is 20.3 Å². The first-order chi connectivity index (χ1) is 12.8. The fraction of sp³-hybridized carbons (Fsp3) is 0.579. The zero-order valence-electron chi connectivity index (χ0n) is 15.8. The maximum Gasteiger partial charge on any atom is 0.265 e. The van der Waals surface area contributed by atoms with Crippen LogP contribution in [0.15, 0.2) is 29.3 Å². The molecule has 2 N–H and O–H groups in total. The molecule has 2 heterocycles. The molecule has 0 bridgehead atoms. The van der Waals surface area contributed by atoms with Gasteiger partial charge in [0, 0.05) is 31.4 Å². The number of ether oxygens (including phenoxy) is 1. The van der Waals surface area contributed by atoms with Crippen molar-refractivity contribution in [1.29, 1.82) is 0 Å². The molecule has 1 aromatic carbocycles. The van der Waals surface area contributed by atoms with Crippen LogP contribution in [0.1, 0.15) is 26.2 Å². The van der Waals surface area contributed by atoms with E-state index in [0.717, 1.165) is 36.1 Å². The fourth-order valence-corrected chi connectivity index (χ4v) is 4.26. The van der Waals surface area contributed by atoms with Crippen LogP contribution in [0.25, 0.3) is 0 Å². The summed E-state index contributed by atoms with van der Waals surface area (Å²) in [6.07, 6.45) is 3.28. The van der Waals surface area contributed by atoms with Crippen molar-refractivity contribution in [3.63, 3.8) is 0 Å². The van der Waals surface area contributed by atoms with Gasteiger partial charge in [0.05, 0.1) is 5.69 Å². The number of aliphatic imine (C=N–C) groups is 1. The first-order valence-corrected chi connectivity index (χ1v) is 10.6. The molecule has 1 fully saturated rings. The minimum atomic E-state index is 0. The number of nitrogens with zero attached hydrogens (tertiary/aromatic N) is 2. The maximum absolute atomic E-state index is 12.2. The lowest BCUT2D eigenvalue weighted by Gasteiger charge is -2.29. The molecule has 0 spiro atoms. The molecule has 150 valence electrons. The van der Waals surface area contributed by atoms with Crippen molar-refractivity contribution in [3.05, 3.63) is 24.3 Å². The summed E-state index contributed by atoms with van der Waals surface area (Å²) in [6, 6.07) is 8.19. The first kappa shape index (κ1) is 22.1. The lowest BCUT2D eigenvalue weighted by Crippen LogP contribution is -2.45. The molecule has 8 heteroatoms. The second kappa shape index (κ2) is 11.6. The van der Waals surface area contributed by atoms with Gasteiger partial charge in [-0.3, -0.25) is 9.79 Å². The molecule has 6 nitrogen and oxygen atoms in total.